The Labute approximate surface area is 96.3 Å². The third-order valence-electron chi connectivity index (χ3n) is 2.83. The zero-order chi connectivity index (χ0) is 11.8. The van der Waals surface area contributed by atoms with E-state index in [1.54, 1.807) is 0 Å². The van der Waals surface area contributed by atoms with E-state index in [2.05, 4.69) is 50.0 Å². The van der Waals surface area contributed by atoms with Crippen LogP contribution in [-0.2, 0) is 10.2 Å². The predicted octanol–water partition coefficient (Wildman–Crippen LogP) is 2.37. The minimum absolute atomic E-state index is 0.0639. The van der Waals surface area contributed by atoms with Gasteiger partial charge in [0.25, 0.3) is 6.02 Å². The fourth-order valence-electron chi connectivity index (χ4n) is 1.77. The Morgan fingerprint density at radius 1 is 1.25 bits per heavy atom. The molecule has 3 heteroatoms. The van der Waals surface area contributed by atoms with E-state index in [0.29, 0.717) is 12.6 Å². The standard InChI is InChI=1S/C13H18N2O/c1-13(2,3)10-6-4-9(5-7-10)11-8-16-12(14)15-11/h4-7,11H,8H2,1-3H3,(H2,14,15). The molecule has 0 saturated carbocycles. The molecule has 0 spiro atoms. The van der Waals surface area contributed by atoms with Crippen molar-refractivity contribution in [3.63, 3.8) is 0 Å². The smallest absolute Gasteiger partial charge is 0.282 e. The summed E-state index contributed by atoms with van der Waals surface area (Å²) in [6.07, 6.45) is 0. The molecule has 1 unspecified atom stereocenters. The third-order valence-corrected chi connectivity index (χ3v) is 2.83. The van der Waals surface area contributed by atoms with Crippen molar-refractivity contribution < 1.29 is 4.74 Å². The minimum atomic E-state index is 0.0639. The lowest BCUT2D eigenvalue weighted by Gasteiger charge is -2.19. The molecule has 0 amide bonds. The van der Waals surface area contributed by atoms with Gasteiger partial charge in [-0.15, -0.1) is 0 Å². The predicted molar refractivity (Wildman–Crippen MR) is 65.5 cm³/mol. The van der Waals surface area contributed by atoms with Crippen molar-refractivity contribution in [2.75, 3.05) is 6.61 Å². The monoisotopic (exact) mass is 218 g/mol. The van der Waals surface area contributed by atoms with Gasteiger partial charge < -0.3 is 10.5 Å². The van der Waals surface area contributed by atoms with Gasteiger partial charge in [0, 0.05) is 0 Å². The number of aliphatic imine (C=N–C) groups is 1. The zero-order valence-corrected chi connectivity index (χ0v) is 10.0. The number of benzene rings is 1. The number of nitrogens with two attached hydrogens (primary N) is 1. The van der Waals surface area contributed by atoms with Crippen LogP contribution in [0.15, 0.2) is 29.3 Å². The van der Waals surface area contributed by atoms with Gasteiger partial charge >= 0.3 is 0 Å². The van der Waals surface area contributed by atoms with Gasteiger partial charge in [-0.1, -0.05) is 45.0 Å². The molecule has 0 aromatic heterocycles. The van der Waals surface area contributed by atoms with E-state index in [-0.39, 0.29) is 11.5 Å². The van der Waals surface area contributed by atoms with Gasteiger partial charge in [0.05, 0.1) is 0 Å². The lowest BCUT2D eigenvalue weighted by molar-refractivity contribution is 0.315. The molecule has 3 nitrogen and oxygen atoms in total. The fourth-order valence-corrected chi connectivity index (χ4v) is 1.77. The van der Waals surface area contributed by atoms with Crippen molar-refractivity contribution in [3.8, 4) is 0 Å². The van der Waals surface area contributed by atoms with Gasteiger partial charge in [-0.05, 0) is 16.5 Å². The van der Waals surface area contributed by atoms with Crippen LogP contribution >= 0.6 is 0 Å². The molecular formula is C13H18N2O. The Bertz CT molecular complexity index is 401. The molecule has 0 fully saturated rings. The summed E-state index contributed by atoms with van der Waals surface area (Å²) in [5.74, 6) is 0. The van der Waals surface area contributed by atoms with E-state index < -0.39 is 0 Å². The summed E-state index contributed by atoms with van der Waals surface area (Å²) in [6.45, 7) is 7.17. The summed E-state index contributed by atoms with van der Waals surface area (Å²) in [7, 11) is 0. The van der Waals surface area contributed by atoms with Crippen molar-refractivity contribution in [3.05, 3.63) is 35.4 Å². The van der Waals surface area contributed by atoms with E-state index in [9.17, 15) is 0 Å². The molecule has 2 rings (SSSR count). The van der Waals surface area contributed by atoms with Gasteiger partial charge in [-0.2, -0.15) is 0 Å². The Balaban J connectivity index is 2.20. The molecule has 0 saturated heterocycles. The molecule has 16 heavy (non-hydrogen) atoms. The molecule has 1 aromatic carbocycles. The number of rotatable bonds is 1. The van der Waals surface area contributed by atoms with Crippen LogP contribution in [0.5, 0.6) is 0 Å². The second-order valence-electron chi connectivity index (χ2n) is 5.17. The topological polar surface area (TPSA) is 47.6 Å². The minimum Gasteiger partial charge on any atom is -0.463 e. The summed E-state index contributed by atoms with van der Waals surface area (Å²) in [5, 5.41) is 0. The van der Waals surface area contributed by atoms with E-state index in [4.69, 9.17) is 10.5 Å². The maximum absolute atomic E-state index is 5.49. The Morgan fingerprint density at radius 2 is 1.88 bits per heavy atom. The third kappa shape index (κ3) is 2.18. The Morgan fingerprint density at radius 3 is 2.31 bits per heavy atom. The summed E-state index contributed by atoms with van der Waals surface area (Å²) >= 11 is 0. The average Bonchev–Trinajstić information content (AvgIpc) is 2.64. The van der Waals surface area contributed by atoms with E-state index in [1.807, 2.05) is 0 Å². The summed E-state index contributed by atoms with van der Waals surface area (Å²) in [4.78, 5) is 4.22. The van der Waals surface area contributed by atoms with E-state index in [1.165, 1.54) is 5.56 Å². The van der Waals surface area contributed by atoms with Gasteiger partial charge in [-0.25, -0.2) is 4.99 Å². The number of ether oxygens (including phenoxy) is 1. The Hall–Kier alpha value is -1.51. The molecule has 1 atom stereocenters. The molecule has 2 N–H and O–H groups in total. The van der Waals surface area contributed by atoms with Crippen molar-refractivity contribution in [2.24, 2.45) is 10.7 Å². The van der Waals surface area contributed by atoms with Gasteiger partial charge in [0.2, 0.25) is 0 Å². The molecule has 0 radical (unpaired) electrons. The van der Waals surface area contributed by atoms with Crippen LogP contribution in [0.3, 0.4) is 0 Å². The maximum Gasteiger partial charge on any atom is 0.282 e. The maximum atomic E-state index is 5.49. The highest BCUT2D eigenvalue weighted by molar-refractivity contribution is 5.73. The second-order valence-corrected chi connectivity index (χ2v) is 5.17. The van der Waals surface area contributed by atoms with Crippen LogP contribution in [0.4, 0.5) is 0 Å². The van der Waals surface area contributed by atoms with Crippen LogP contribution in [0.2, 0.25) is 0 Å². The summed E-state index contributed by atoms with van der Waals surface area (Å²) in [6, 6.07) is 8.88. The van der Waals surface area contributed by atoms with Crippen LogP contribution < -0.4 is 5.73 Å². The van der Waals surface area contributed by atoms with Crippen molar-refractivity contribution in [1.29, 1.82) is 0 Å². The number of hydrogen-bond donors (Lipinski definition) is 1. The van der Waals surface area contributed by atoms with Gasteiger partial charge in [0.1, 0.15) is 12.6 Å². The lowest BCUT2D eigenvalue weighted by atomic mass is 9.86. The molecule has 1 aromatic rings. The van der Waals surface area contributed by atoms with E-state index in [0.717, 1.165) is 5.56 Å². The largest absolute Gasteiger partial charge is 0.463 e. The van der Waals surface area contributed by atoms with Crippen LogP contribution in [-0.4, -0.2) is 12.6 Å². The molecule has 86 valence electrons. The molecular weight excluding hydrogens is 200 g/mol. The summed E-state index contributed by atoms with van der Waals surface area (Å²) < 4.78 is 5.15. The van der Waals surface area contributed by atoms with E-state index >= 15 is 0 Å². The number of amidine groups is 1. The zero-order valence-electron chi connectivity index (χ0n) is 10.0. The van der Waals surface area contributed by atoms with Crippen molar-refractivity contribution in [1.82, 2.24) is 0 Å². The Kier molecular flexibility index (Phi) is 2.62. The highest BCUT2D eigenvalue weighted by Crippen LogP contribution is 2.26. The first-order chi connectivity index (χ1) is 7.47. The first-order valence-corrected chi connectivity index (χ1v) is 5.53. The average molecular weight is 218 g/mol. The quantitative estimate of drug-likeness (QED) is 0.786. The summed E-state index contributed by atoms with van der Waals surface area (Å²) in [5.41, 5.74) is 8.16. The molecule has 0 bridgehead atoms. The van der Waals surface area contributed by atoms with Crippen molar-refractivity contribution in [2.45, 2.75) is 32.2 Å². The first-order valence-electron chi connectivity index (χ1n) is 5.53. The fraction of sp³-hybridized carbons (Fsp3) is 0.462. The SMILES string of the molecule is CC(C)(C)c1ccc(C2COC(N)=N2)cc1. The van der Waals surface area contributed by atoms with Crippen molar-refractivity contribution >= 4 is 6.02 Å². The number of nitrogens with zero attached hydrogens (tertiary/aromatic N) is 1. The molecule has 1 aliphatic heterocycles. The first kappa shape index (κ1) is 11.0. The highest BCUT2D eigenvalue weighted by Gasteiger charge is 2.19. The van der Waals surface area contributed by atoms with Crippen LogP contribution in [0, 0.1) is 0 Å². The van der Waals surface area contributed by atoms with Gasteiger partial charge in [-0.3, -0.25) is 0 Å². The van der Waals surface area contributed by atoms with Gasteiger partial charge in [0.15, 0.2) is 0 Å². The van der Waals surface area contributed by atoms with Crippen LogP contribution in [0.25, 0.3) is 0 Å². The highest BCUT2D eigenvalue weighted by atomic mass is 16.5. The normalized spacial score (nSPS) is 20.4. The number of hydrogen-bond acceptors (Lipinski definition) is 3. The lowest BCUT2D eigenvalue weighted by Crippen LogP contribution is -2.11. The molecule has 0 aliphatic carbocycles. The molecule has 1 aliphatic rings. The second kappa shape index (κ2) is 3.81. The van der Waals surface area contributed by atoms with Crippen LogP contribution in [0.1, 0.15) is 37.9 Å². The molecule has 1 heterocycles.